The summed E-state index contributed by atoms with van der Waals surface area (Å²) in [6, 6.07) is 1.67. The zero-order chi connectivity index (χ0) is 9.97. The minimum atomic E-state index is -0.290. The average Bonchev–Trinajstić information content (AvgIpc) is 2.75. The van der Waals surface area contributed by atoms with Crippen molar-refractivity contribution in [2.24, 2.45) is 0 Å². The van der Waals surface area contributed by atoms with Crippen LogP contribution in [0.1, 0.15) is 9.67 Å². The van der Waals surface area contributed by atoms with Crippen molar-refractivity contribution in [1.29, 1.82) is 0 Å². The third kappa shape index (κ3) is 1.75. The largest absolute Gasteiger partial charge is 0.290 e. The zero-order valence-corrected chi connectivity index (χ0v) is 8.39. The summed E-state index contributed by atoms with van der Waals surface area (Å²) in [6.45, 7) is 0. The Labute approximate surface area is 88.1 Å². The molecule has 5 nitrogen and oxygen atoms in total. The Kier molecular flexibility index (Phi) is 2.47. The first kappa shape index (κ1) is 9.17. The lowest BCUT2D eigenvalue weighted by Gasteiger charge is -1.98. The van der Waals surface area contributed by atoms with E-state index in [0.29, 0.717) is 15.8 Å². The van der Waals surface area contributed by atoms with Crippen LogP contribution in [0.5, 0.6) is 0 Å². The molecule has 0 unspecified atom stereocenters. The lowest BCUT2D eigenvalue weighted by atomic mass is 10.4. The molecule has 2 aromatic heterocycles. The number of nitrogens with one attached hydrogen (secondary N) is 2. The van der Waals surface area contributed by atoms with Crippen LogP contribution in [0.15, 0.2) is 17.8 Å². The Morgan fingerprint density at radius 1 is 1.64 bits per heavy atom. The average molecular weight is 229 g/mol. The standard InChI is InChI=1S/C7H5ClN4OS/c8-4-1-2-14-5(4)6(13)11-7-9-3-10-12-7/h1-3H,(H2,9,10,11,12,13). The molecule has 14 heavy (non-hydrogen) atoms. The highest BCUT2D eigenvalue weighted by atomic mass is 35.5. The summed E-state index contributed by atoms with van der Waals surface area (Å²) in [5.41, 5.74) is 0. The summed E-state index contributed by atoms with van der Waals surface area (Å²) in [5.74, 6) is 0.0150. The molecule has 0 atom stereocenters. The van der Waals surface area contributed by atoms with E-state index in [9.17, 15) is 4.79 Å². The molecule has 7 heteroatoms. The minimum absolute atomic E-state index is 0.290. The Morgan fingerprint density at radius 3 is 3.07 bits per heavy atom. The summed E-state index contributed by atoms with van der Waals surface area (Å²) in [7, 11) is 0. The van der Waals surface area contributed by atoms with Crippen molar-refractivity contribution < 1.29 is 4.79 Å². The van der Waals surface area contributed by atoms with Gasteiger partial charge in [-0.25, -0.2) is 5.10 Å². The van der Waals surface area contributed by atoms with Crippen LogP contribution in [0.25, 0.3) is 0 Å². The fraction of sp³-hybridized carbons (Fsp3) is 0. The van der Waals surface area contributed by atoms with Crippen molar-refractivity contribution in [1.82, 2.24) is 15.2 Å². The van der Waals surface area contributed by atoms with Crippen LogP contribution >= 0.6 is 22.9 Å². The van der Waals surface area contributed by atoms with Crippen molar-refractivity contribution in [2.45, 2.75) is 0 Å². The molecule has 0 aromatic carbocycles. The molecule has 0 fully saturated rings. The highest BCUT2D eigenvalue weighted by Gasteiger charge is 2.12. The number of aromatic amines is 1. The quantitative estimate of drug-likeness (QED) is 0.823. The Balaban J connectivity index is 2.14. The molecule has 2 N–H and O–H groups in total. The second-order valence-corrected chi connectivity index (χ2v) is 3.71. The number of hydrogen-bond donors (Lipinski definition) is 2. The third-order valence-corrected chi connectivity index (χ3v) is 2.81. The van der Waals surface area contributed by atoms with Crippen LogP contribution in [0.3, 0.4) is 0 Å². The molecule has 0 aliphatic heterocycles. The normalized spacial score (nSPS) is 10.1. The predicted molar refractivity (Wildman–Crippen MR) is 53.7 cm³/mol. The van der Waals surface area contributed by atoms with Crippen LogP contribution in [-0.4, -0.2) is 21.1 Å². The van der Waals surface area contributed by atoms with Gasteiger partial charge in [-0.05, 0) is 11.4 Å². The summed E-state index contributed by atoms with van der Waals surface area (Å²) in [4.78, 5) is 15.7. The van der Waals surface area contributed by atoms with Gasteiger partial charge >= 0.3 is 0 Å². The zero-order valence-electron chi connectivity index (χ0n) is 6.82. The lowest BCUT2D eigenvalue weighted by Crippen LogP contribution is -2.11. The molecule has 2 aromatic rings. The van der Waals surface area contributed by atoms with Crippen LogP contribution < -0.4 is 5.32 Å². The number of nitrogens with zero attached hydrogens (tertiary/aromatic N) is 2. The van der Waals surface area contributed by atoms with E-state index < -0.39 is 0 Å². The summed E-state index contributed by atoms with van der Waals surface area (Å²) in [5, 5.41) is 10.8. The van der Waals surface area contributed by atoms with E-state index >= 15 is 0 Å². The first-order chi connectivity index (χ1) is 6.77. The number of anilines is 1. The van der Waals surface area contributed by atoms with E-state index in [2.05, 4.69) is 20.5 Å². The smallest absolute Gasteiger partial charge is 0.269 e. The van der Waals surface area contributed by atoms with Gasteiger partial charge in [0.2, 0.25) is 5.95 Å². The molecular weight excluding hydrogens is 224 g/mol. The Morgan fingerprint density at radius 2 is 2.50 bits per heavy atom. The molecule has 0 bridgehead atoms. The Hall–Kier alpha value is -1.40. The van der Waals surface area contributed by atoms with E-state index in [1.807, 2.05) is 0 Å². The molecule has 2 heterocycles. The maximum absolute atomic E-state index is 11.5. The molecule has 72 valence electrons. The Bertz CT molecular complexity index is 438. The van der Waals surface area contributed by atoms with Gasteiger partial charge in [0.25, 0.3) is 5.91 Å². The van der Waals surface area contributed by atoms with Gasteiger partial charge in [0.1, 0.15) is 11.2 Å². The first-order valence-corrected chi connectivity index (χ1v) is 4.93. The van der Waals surface area contributed by atoms with Crippen molar-refractivity contribution in [3.05, 3.63) is 27.7 Å². The van der Waals surface area contributed by atoms with Gasteiger partial charge in [0.05, 0.1) is 5.02 Å². The molecule has 1 amide bonds. The van der Waals surface area contributed by atoms with Crippen LogP contribution in [0.4, 0.5) is 5.95 Å². The molecule has 0 aliphatic carbocycles. The summed E-state index contributed by atoms with van der Waals surface area (Å²) < 4.78 is 0. The number of halogens is 1. The molecule has 0 saturated heterocycles. The van der Waals surface area contributed by atoms with Gasteiger partial charge in [-0.3, -0.25) is 10.1 Å². The maximum Gasteiger partial charge on any atom is 0.269 e. The van der Waals surface area contributed by atoms with Gasteiger partial charge in [0.15, 0.2) is 0 Å². The topological polar surface area (TPSA) is 70.7 Å². The number of hydrogen-bond acceptors (Lipinski definition) is 4. The van der Waals surface area contributed by atoms with Crippen LogP contribution in [0.2, 0.25) is 5.02 Å². The monoisotopic (exact) mass is 228 g/mol. The van der Waals surface area contributed by atoms with Crippen molar-refractivity contribution in [3.63, 3.8) is 0 Å². The van der Waals surface area contributed by atoms with E-state index in [4.69, 9.17) is 11.6 Å². The summed E-state index contributed by atoms with van der Waals surface area (Å²) >= 11 is 7.05. The number of H-pyrrole nitrogens is 1. The fourth-order valence-electron chi connectivity index (χ4n) is 0.886. The molecule has 0 saturated carbocycles. The van der Waals surface area contributed by atoms with Crippen molar-refractivity contribution in [2.75, 3.05) is 5.32 Å². The number of rotatable bonds is 2. The highest BCUT2D eigenvalue weighted by Crippen LogP contribution is 2.22. The molecule has 0 aliphatic rings. The number of thiophene rings is 1. The van der Waals surface area contributed by atoms with Gasteiger partial charge in [0, 0.05) is 0 Å². The predicted octanol–water partition coefficient (Wildman–Crippen LogP) is 1.77. The third-order valence-electron chi connectivity index (χ3n) is 1.47. The van der Waals surface area contributed by atoms with Gasteiger partial charge in [-0.15, -0.1) is 11.3 Å². The van der Waals surface area contributed by atoms with Gasteiger partial charge in [-0.1, -0.05) is 11.6 Å². The molecule has 0 spiro atoms. The van der Waals surface area contributed by atoms with Gasteiger partial charge < -0.3 is 0 Å². The maximum atomic E-state index is 11.5. The number of amides is 1. The lowest BCUT2D eigenvalue weighted by molar-refractivity contribution is 0.103. The SMILES string of the molecule is O=C(Nc1ncn[nH]1)c1sccc1Cl. The molecular formula is C7H5ClN4OS. The van der Waals surface area contributed by atoms with Crippen molar-refractivity contribution >= 4 is 34.8 Å². The van der Waals surface area contributed by atoms with E-state index in [1.54, 1.807) is 11.4 Å². The fourth-order valence-corrected chi connectivity index (χ4v) is 1.92. The van der Waals surface area contributed by atoms with E-state index in [0.717, 1.165) is 0 Å². The summed E-state index contributed by atoms with van der Waals surface area (Å²) in [6.07, 6.45) is 1.31. The van der Waals surface area contributed by atoms with E-state index in [-0.39, 0.29) is 5.91 Å². The number of carbonyl (C=O) groups excluding carboxylic acids is 1. The van der Waals surface area contributed by atoms with Gasteiger partial charge in [-0.2, -0.15) is 10.1 Å². The highest BCUT2D eigenvalue weighted by molar-refractivity contribution is 7.12. The number of aromatic nitrogens is 3. The van der Waals surface area contributed by atoms with Crippen LogP contribution in [0, 0.1) is 0 Å². The van der Waals surface area contributed by atoms with E-state index in [1.165, 1.54) is 17.7 Å². The van der Waals surface area contributed by atoms with Crippen molar-refractivity contribution in [3.8, 4) is 0 Å². The second-order valence-electron chi connectivity index (χ2n) is 2.39. The second kappa shape index (κ2) is 3.77. The molecule has 0 radical (unpaired) electrons. The minimum Gasteiger partial charge on any atom is -0.290 e. The first-order valence-electron chi connectivity index (χ1n) is 3.67. The van der Waals surface area contributed by atoms with Crippen LogP contribution in [-0.2, 0) is 0 Å². The number of carbonyl (C=O) groups is 1. The molecule has 2 rings (SSSR count).